The quantitative estimate of drug-likeness (QED) is 0.787. The average Bonchev–Trinajstić information content (AvgIpc) is 2.40. The van der Waals surface area contributed by atoms with Crippen LogP contribution in [0.5, 0.6) is 0 Å². The van der Waals surface area contributed by atoms with E-state index in [-0.39, 0.29) is 11.4 Å². The number of thiophene rings is 1. The molecule has 0 aliphatic carbocycles. The minimum absolute atomic E-state index is 0.0108. The van der Waals surface area contributed by atoms with Gasteiger partial charge in [-0.05, 0) is 38.7 Å². The molecule has 0 saturated heterocycles. The Kier molecular flexibility index (Phi) is 3.82. The Bertz CT molecular complexity index is 461. The fourth-order valence-corrected chi connectivity index (χ4v) is 2.88. The van der Waals surface area contributed by atoms with Gasteiger partial charge in [0.2, 0.25) is 0 Å². The molecule has 1 aromatic heterocycles. The first-order chi connectivity index (χ1) is 7.93. The first kappa shape index (κ1) is 15.0. The Hall–Kier alpha value is -1.03. The Morgan fingerprint density at radius 2 is 1.67 bits per heavy atom. The molecule has 0 spiro atoms. The van der Waals surface area contributed by atoms with Gasteiger partial charge in [-0.25, -0.2) is 4.79 Å². The predicted octanol–water partition coefficient (Wildman–Crippen LogP) is 3.89. The third kappa shape index (κ3) is 3.25. The molecule has 0 amide bonds. The van der Waals surface area contributed by atoms with Crippen LogP contribution < -0.4 is 5.73 Å². The van der Waals surface area contributed by atoms with Crippen LogP contribution >= 0.6 is 11.3 Å². The lowest BCUT2D eigenvalue weighted by atomic mass is 9.92. The van der Waals surface area contributed by atoms with Crippen molar-refractivity contribution in [3.8, 4) is 0 Å². The molecule has 0 aliphatic heterocycles. The molecule has 2 N–H and O–H groups in total. The van der Waals surface area contributed by atoms with Crippen LogP contribution in [0.3, 0.4) is 0 Å². The molecule has 1 rings (SSSR count). The van der Waals surface area contributed by atoms with Gasteiger partial charge in [0.25, 0.3) is 0 Å². The molecule has 1 heterocycles. The van der Waals surface area contributed by atoms with Crippen molar-refractivity contribution in [1.29, 1.82) is 0 Å². The number of nitrogens with two attached hydrogens (primary N) is 1. The summed E-state index contributed by atoms with van der Waals surface area (Å²) in [5, 5.41) is 0. The molecule has 0 bridgehead atoms. The van der Waals surface area contributed by atoms with E-state index in [2.05, 4.69) is 20.8 Å². The fourth-order valence-electron chi connectivity index (χ4n) is 1.72. The summed E-state index contributed by atoms with van der Waals surface area (Å²) in [4.78, 5) is 13.7. The van der Waals surface area contributed by atoms with Crippen molar-refractivity contribution in [1.82, 2.24) is 0 Å². The smallest absolute Gasteiger partial charge is 0.350 e. The van der Waals surface area contributed by atoms with Crippen molar-refractivity contribution in [2.75, 3.05) is 5.73 Å². The van der Waals surface area contributed by atoms with Gasteiger partial charge in [0.05, 0.1) is 5.69 Å². The number of carbonyl (C=O) groups excluding carboxylic acids is 1. The normalized spacial score (nSPS) is 12.6. The van der Waals surface area contributed by atoms with Gasteiger partial charge in [-0.3, -0.25) is 0 Å². The predicted molar refractivity (Wildman–Crippen MR) is 77.3 cm³/mol. The average molecular weight is 269 g/mol. The van der Waals surface area contributed by atoms with E-state index in [1.807, 2.05) is 27.7 Å². The van der Waals surface area contributed by atoms with E-state index in [1.54, 1.807) is 0 Å². The van der Waals surface area contributed by atoms with Gasteiger partial charge in [0, 0.05) is 4.88 Å². The van der Waals surface area contributed by atoms with E-state index in [9.17, 15) is 4.79 Å². The van der Waals surface area contributed by atoms with Crippen LogP contribution in [0.2, 0.25) is 0 Å². The molecule has 3 nitrogen and oxygen atoms in total. The van der Waals surface area contributed by atoms with Crippen molar-refractivity contribution in [2.45, 2.75) is 59.5 Å². The molecule has 4 heteroatoms. The first-order valence-electron chi connectivity index (χ1n) is 6.06. The third-order valence-corrected chi connectivity index (χ3v) is 4.17. The van der Waals surface area contributed by atoms with Crippen molar-refractivity contribution in [2.24, 2.45) is 0 Å². The molecule has 1 aromatic rings. The number of ether oxygens (including phenoxy) is 1. The number of hydrogen-bond acceptors (Lipinski definition) is 4. The maximum Gasteiger partial charge on any atom is 0.350 e. The molecular weight excluding hydrogens is 246 g/mol. The van der Waals surface area contributed by atoms with E-state index in [0.717, 1.165) is 10.4 Å². The van der Waals surface area contributed by atoms with Crippen LogP contribution in [0.25, 0.3) is 0 Å². The number of nitrogen functional groups attached to an aromatic ring is 1. The highest BCUT2D eigenvalue weighted by atomic mass is 32.1. The summed E-state index contributed by atoms with van der Waals surface area (Å²) in [6, 6.07) is 0. The molecule has 0 atom stereocenters. The summed E-state index contributed by atoms with van der Waals surface area (Å²) in [7, 11) is 0. The van der Waals surface area contributed by atoms with Gasteiger partial charge in [-0.2, -0.15) is 0 Å². The van der Waals surface area contributed by atoms with Crippen LogP contribution in [0.1, 0.15) is 61.7 Å². The number of esters is 1. The lowest BCUT2D eigenvalue weighted by molar-refractivity contribution is 0.00763. The second-order valence-corrected chi connectivity index (χ2v) is 7.57. The van der Waals surface area contributed by atoms with Crippen molar-refractivity contribution < 1.29 is 9.53 Å². The maximum absolute atomic E-state index is 12.1. The monoisotopic (exact) mass is 269 g/mol. The van der Waals surface area contributed by atoms with Crippen molar-refractivity contribution in [3.63, 3.8) is 0 Å². The summed E-state index contributed by atoms with van der Waals surface area (Å²) in [5.41, 5.74) is 7.07. The van der Waals surface area contributed by atoms with Gasteiger partial charge in [0.15, 0.2) is 0 Å². The van der Waals surface area contributed by atoms with E-state index < -0.39 is 5.60 Å². The van der Waals surface area contributed by atoms with Crippen LogP contribution in [0.15, 0.2) is 0 Å². The third-order valence-electron chi connectivity index (χ3n) is 2.46. The van der Waals surface area contributed by atoms with Gasteiger partial charge >= 0.3 is 5.97 Å². The van der Waals surface area contributed by atoms with Crippen molar-refractivity contribution in [3.05, 3.63) is 15.3 Å². The Morgan fingerprint density at radius 1 is 1.17 bits per heavy atom. The molecule has 0 unspecified atom stereocenters. The lowest BCUT2D eigenvalue weighted by Crippen LogP contribution is -2.23. The molecule has 0 aliphatic rings. The minimum Gasteiger partial charge on any atom is -0.456 e. The topological polar surface area (TPSA) is 52.3 Å². The zero-order valence-corrected chi connectivity index (χ0v) is 13.1. The molecular formula is C14H23NO2S. The lowest BCUT2D eigenvalue weighted by Gasteiger charge is -2.19. The zero-order chi connectivity index (χ0) is 14.3. The summed E-state index contributed by atoms with van der Waals surface area (Å²) in [6.45, 7) is 13.9. The van der Waals surface area contributed by atoms with Gasteiger partial charge in [-0.1, -0.05) is 20.8 Å². The highest BCUT2D eigenvalue weighted by molar-refractivity contribution is 7.15. The van der Waals surface area contributed by atoms with Gasteiger partial charge in [-0.15, -0.1) is 11.3 Å². The Labute approximate surface area is 113 Å². The molecule has 18 heavy (non-hydrogen) atoms. The number of carbonyl (C=O) groups is 1. The van der Waals surface area contributed by atoms with Crippen LogP contribution in [-0.4, -0.2) is 11.6 Å². The second-order valence-electron chi connectivity index (χ2n) is 6.55. The first-order valence-corrected chi connectivity index (χ1v) is 6.88. The Morgan fingerprint density at radius 3 is 2.00 bits per heavy atom. The maximum atomic E-state index is 12.1. The summed E-state index contributed by atoms with van der Waals surface area (Å²) >= 11 is 1.44. The van der Waals surface area contributed by atoms with Crippen LogP contribution in [-0.2, 0) is 10.2 Å². The number of anilines is 1. The molecule has 0 saturated carbocycles. The van der Waals surface area contributed by atoms with Gasteiger partial charge in [0.1, 0.15) is 10.5 Å². The summed E-state index contributed by atoms with van der Waals surface area (Å²) in [5.74, 6) is -0.330. The highest BCUT2D eigenvalue weighted by Gasteiger charge is 2.28. The zero-order valence-electron chi connectivity index (χ0n) is 12.3. The van der Waals surface area contributed by atoms with Gasteiger partial charge < -0.3 is 10.5 Å². The Balaban J connectivity index is 3.17. The van der Waals surface area contributed by atoms with E-state index in [0.29, 0.717) is 10.6 Å². The molecule has 0 radical (unpaired) electrons. The highest BCUT2D eigenvalue weighted by Crippen LogP contribution is 2.39. The molecule has 0 aromatic carbocycles. The summed E-state index contributed by atoms with van der Waals surface area (Å²) in [6.07, 6.45) is 0. The standard InChI is InChI=1S/C14H23NO2S/c1-8-9(15)10(12(16)17-14(5,6)7)18-11(8)13(2,3)4/h15H2,1-7H3. The SMILES string of the molecule is Cc1c(C(C)(C)C)sc(C(=O)OC(C)(C)C)c1N. The van der Waals surface area contributed by atoms with Crippen LogP contribution in [0, 0.1) is 6.92 Å². The molecule has 102 valence electrons. The van der Waals surface area contributed by atoms with Crippen molar-refractivity contribution >= 4 is 23.0 Å². The number of hydrogen-bond donors (Lipinski definition) is 1. The van der Waals surface area contributed by atoms with Crippen LogP contribution in [0.4, 0.5) is 5.69 Å². The largest absolute Gasteiger partial charge is 0.456 e. The molecule has 0 fully saturated rings. The second kappa shape index (κ2) is 4.57. The van der Waals surface area contributed by atoms with E-state index >= 15 is 0 Å². The summed E-state index contributed by atoms with van der Waals surface area (Å²) < 4.78 is 5.38. The van der Waals surface area contributed by atoms with E-state index in [4.69, 9.17) is 10.5 Å². The van der Waals surface area contributed by atoms with E-state index in [1.165, 1.54) is 11.3 Å². The number of rotatable bonds is 1. The fraction of sp³-hybridized carbons (Fsp3) is 0.643. The minimum atomic E-state index is -0.497.